The van der Waals surface area contributed by atoms with Crippen LogP contribution < -0.4 is 5.32 Å². The lowest BCUT2D eigenvalue weighted by molar-refractivity contribution is 0.137. The second-order valence-electron chi connectivity index (χ2n) is 3.18. The fraction of sp³-hybridized carbons (Fsp3) is 1.00. The van der Waals surface area contributed by atoms with E-state index in [2.05, 4.69) is 19.2 Å². The summed E-state index contributed by atoms with van der Waals surface area (Å²) in [6.45, 7) is 8.66. The summed E-state index contributed by atoms with van der Waals surface area (Å²) in [5, 5.41) is 12.2. The van der Waals surface area contributed by atoms with Gasteiger partial charge in [0, 0.05) is 19.2 Å². The van der Waals surface area contributed by atoms with E-state index in [1.807, 2.05) is 6.92 Å². The smallest absolute Gasteiger partial charge is 0.0590 e. The van der Waals surface area contributed by atoms with Crippen LogP contribution in [-0.4, -0.2) is 37.5 Å². The highest BCUT2D eigenvalue weighted by molar-refractivity contribution is 4.68. The molecule has 0 aliphatic carbocycles. The predicted molar refractivity (Wildman–Crippen MR) is 50.2 cm³/mol. The van der Waals surface area contributed by atoms with Gasteiger partial charge in [-0.1, -0.05) is 13.8 Å². The Morgan fingerprint density at radius 2 is 2.08 bits per heavy atom. The Labute approximate surface area is 75.1 Å². The number of ether oxygens (including phenoxy) is 1. The predicted octanol–water partition coefficient (Wildman–Crippen LogP) is 0.629. The van der Waals surface area contributed by atoms with Crippen molar-refractivity contribution >= 4 is 0 Å². The van der Waals surface area contributed by atoms with Crippen molar-refractivity contribution in [3.05, 3.63) is 0 Å². The van der Waals surface area contributed by atoms with E-state index in [0.29, 0.717) is 5.92 Å². The van der Waals surface area contributed by atoms with Gasteiger partial charge in [-0.05, 0) is 12.8 Å². The second-order valence-corrected chi connectivity index (χ2v) is 3.18. The maximum absolute atomic E-state index is 8.95. The van der Waals surface area contributed by atoms with Crippen molar-refractivity contribution in [2.24, 2.45) is 5.92 Å². The molecular formula is C9H21NO2. The van der Waals surface area contributed by atoms with Gasteiger partial charge in [-0.3, -0.25) is 0 Å². The average molecular weight is 175 g/mol. The topological polar surface area (TPSA) is 41.5 Å². The van der Waals surface area contributed by atoms with Crippen molar-refractivity contribution in [3.8, 4) is 0 Å². The van der Waals surface area contributed by atoms with Crippen molar-refractivity contribution in [2.75, 3.05) is 26.4 Å². The Hall–Kier alpha value is -0.120. The molecule has 0 aliphatic heterocycles. The average Bonchev–Trinajstić information content (AvgIpc) is 2.04. The third kappa shape index (κ3) is 5.52. The van der Waals surface area contributed by atoms with Gasteiger partial charge in [-0.15, -0.1) is 0 Å². The Balaban J connectivity index is 3.32. The molecule has 0 radical (unpaired) electrons. The zero-order valence-electron chi connectivity index (χ0n) is 8.34. The van der Waals surface area contributed by atoms with E-state index in [4.69, 9.17) is 9.84 Å². The van der Waals surface area contributed by atoms with Crippen LogP contribution in [0.2, 0.25) is 0 Å². The van der Waals surface area contributed by atoms with Crippen molar-refractivity contribution in [1.29, 1.82) is 0 Å². The third-order valence-electron chi connectivity index (χ3n) is 1.86. The zero-order valence-corrected chi connectivity index (χ0v) is 8.34. The van der Waals surface area contributed by atoms with E-state index < -0.39 is 0 Å². The molecule has 0 spiro atoms. The Bertz CT molecular complexity index is 96.5. The first-order valence-corrected chi connectivity index (χ1v) is 4.64. The number of aliphatic hydroxyl groups excluding tert-OH is 1. The third-order valence-corrected chi connectivity index (χ3v) is 1.86. The van der Waals surface area contributed by atoms with Crippen LogP contribution in [0.4, 0.5) is 0 Å². The SMILES string of the molecule is CCOCCN[C@H](CO)C(C)C. The van der Waals surface area contributed by atoms with Crippen LogP contribution >= 0.6 is 0 Å². The molecule has 0 fully saturated rings. The summed E-state index contributed by atoms with van der Waals surface area (Å²) in [6.07, 6.45) is 0. The van der Waals surface area contributed by atoms with Gasteiger partial charge in [0.1, 0.15) is 0 Å². The van der Waals surface area contributed by atoms with Crippen molar-refractivity contribution < 1.29 is 9.84 Å². The number of nitrogens with one attached hydrogen (secondary N) is 1. The Morgan fingerprint density at radius 3 is 2.50 bits per heavy atom. The van der Waals surface area contributed by atoms with Crippen molar-refractivity contribution in [1.82, 2.24) is 5.32 Å². The van der Waals surface area contributed by atoms with Crippen LogP contribution in [-0.2, 0) is 4.74 Å². The standard InChI is InChI=1S/C9H21NO2/c1-4-12-6-5-10-9(7-11)8(2)3/h8-11H,4-7H2,1-3H3/t9-/m1/s1. The first-order valence-electron chi connectivity index (χ1n) is 4.64. The summed E-state index contributed by atoms with van der Waals surface area (Å²) in [5.41, 5.74) is 0. The number of hydrogen-bond acceptors (Lipinski definition) is 3. The Morgan fingerprint density at radius 1 is 1.42 bits per heavy atom. The van der Waals surface area contributed by atoms with Gasteiger partial charge >= 0.3 is 0 Å². The van der Waals surface area contributed by atoms with Crippen LogP contribution in [0.15, 0.2) is 0 Å². The molecule has 1 atom stereocenters. The van der Waals surface area contributed by atoms with Gasteiger partial charge in [-0.2, -0.15) is 0 Å². The van der Waals surface area contributed by atoms with Crippen LogP contribution in [0.25, 0.3) is 0 Å². The number of aliphatic hydroxyl groups is 1. The Kier molecular flexibility index (Phi) is 7.45. The van der Waals surface area contributed by atoms with E-state index in [-0.39, 0.29) is 12.6 Å². The van der Waals surface area contributed by atoms with E-state index in [1.165, 1.54) is 0 Å². The highest BCUT2D eigenvalue weighted by atomic mass is 16.5. The van der Waals surface area contributed by atoms with E-state index in [1.54, 1.807) is 0 Å². The first-order chi connectivity index (χ1) is 5.72. The fourth-order valence-electron chi connectivity index (χ4n) is 0.972. The molecule has 3 heteroatoms. The summed E-state index contributed by atoms with van der Waals surface area (Å²) in [4.78, 5) is 0. The molecule has 0 unspecified atom stereocenters. The monoisotopic (exact) mass is 175 g/mol. The molecular weight excluding hydrogens is 154 g/mol. The molecule has 74 valence electrons. The summed E-state index contributed by atoms with van der Waals surface area (Å²) in [7, 11) is 0. The highest BCUT2D eigenvalue weighted by Gasteiger charge is 2.09. The minimum absolute atomic E-state index is 0.198. The van der Waals surface area contributed by atoms with Gasteiger partial charge < -0.3 is 15.2 Å². The molecule has 3 nitrogen and oxygen atoms in total. The van der Waals surface area contributed by atoms with Crippen molar-refractivity contribution in [2.45, 2.75) is 26.8 Å². The van der Waals surface area contributed by atoms with E-state index >= 15 is 0 Å². The van der Waals surface area contributed by atoms with Gasteiger partial charge in [-0.25, -0.2) is 0 Å². The zero-order chi connectivity index (χ0) is 9.40. The van der Waals surface area contributed by atoms with Gasteiger partial charge in [0.25, 0.3) is 0 Å². The maximum Gasteiger partial charge on any atom is 0.0590 e. The molecule has 0 aromatic carbocycles. The number of hydrogen-bond donors (Lipinski definition) is 2. The lowest BCUT2D eigenvalue weighted by atomic mass is 10.1. The molecule has 0 saturated carbocycles. The van der Waals surface area contributed by atoms with E-state index in [9.17, 15) is 0 Å². The van der Waals surface area contributed by atoms with Crippen LogP contribution in [0, 0.1) is 5.92 Å². The molecule has 2 N–H and O–H groups in total. The van der Waals surface area contributed by atoms with Gasteiger partial charge in [0.2, 0.25) is 0 Å². The quantitative estimate of drug-likeness (QED) is 0.558. The lowest BCUT2D eigenvalue weighted by Gasteiger charge is -2.19. The molecule has 0 rings (SSSR count). The molecule has 0 amide bonds. The minimum atomic E-state index is 0.198. The van der Waals surface area contributed by atoms with Crippen molar-refractivity contribution in [3.63, 3.8) is 0 Å². The normalized spacial score (nSPS) is 13.8. The van der Waals surface area contributed by atoms with Gasteiger partial charge in [0.05, 0.1) is 13.2 Å². The summed E-state index contributed by atoms with van der Waals surface area (Å²) >= 11 is 0. The maximum atomic E-state index is 8.95. The lowest BCUT2D eigenvalue weighted by Crippen LogP contribution is -2.38. The molecule has 0 saturated heterocycles. The van der Waals surface area contributed by atoms with Gasteiger partial charge in [0.15, 0.2) is 0 Å². The second kappa shape index (κ2) is 7.53. The fourth-order valence-corrected chi connectivity index (χ4v) is 0.972. The minimum Gasteiger partial charge on any atom is -0.395 e. The molecule has 0 bridgehead atoms. The number of rotatable bonds is 7. The largest absolute Gasteiger partial charge is 0.395 e. The highest BCUT2D eigenvalue weighted by Crippen LogP contribution is 1.99. The van der Waals surface area contributed by atoms with Crippen LogP contribution in [0.3, 0.4) is 0 Å². The molecule has 0 heterocycles. The first kappa shape index (κ1) is 11.9. The molecule has 0 aliphatic rings. The summed E-state index contributed by atoms with van der Waals surface area (Å²) in [6, 6.07) is 0.199. The summed E-state index contributed by atoms with van der Waals surface area (Å²) in [5.74, 6) is 0.469. The summed E-state index contributed by atoms with van der Waals surface area (Å²) < 4.78 is 5.16. The molecule has 12 heavy (non-hydrogen) atoms. The van der Waals surface area contributed by atoms with Crippen LogP contribution in [0.1, 0.15) is 20.8 Å². The molecule has 0 aromatic rings. The molecule has 0 aromatic heterocycles. The van der Waals surface area contributed by atoms with E-state index in [0.717, 1.165) is 19.8 Å². The van der Waals surface area contributed by atoms with Crippen LogP contribution in [0.5, 0.6) is 0 Å².